The molecule has 0 saturated carbocycles. The second-order valence-electron chi connectivity index (χ2n) is 3.64. The van der Waals surface area contributed by atoms with Gasteiger partial charge in [0.15, 0.2) is 0 Å². The molecule has 1 saturated heterocycles. The molecule has 0 bridgehead atoms. The fraction of sp³-hybridized carbons (Fsp3) is 0.727. The molecule has 74 valence electrons. The quantitative estimate of drug-likeness (QED) is 0.466. The maximum absolute atomic E-state index is 10.9. The second kappa shape index (κ2) is 5.05. The molecule has 1 rings (SSSR count). The molecule has 1 atom stereocenters. The predicted octanol–water partition coefficient (Wildman–Crippen LogP) is 3.03. The molecule has 0 amide bonds. The Morgan fingerprint density at radius 2 is 2.00 bits per heavy atom. The standard InChI is InChI=1S/C11H18O2/c1-3-4-5-6-7-8-10-9(2)13-11(10)12/h10H,2-8H2,1H3. The summed E-state index contributed by atoms with van der Waals surface area (Å²) in [4.78, 5) is 10.9. The van der Waals surface area contributed by atoms with E-state index < -0.39 is 0 Å². The maximum Gasteiger partial charge on any atom is 0.321 e. The average Bonchev–Trinajstić information content (AvgIpc) is 2.11. The molecule has 13 heavy (non-hydrogen) atoms. The normalized spacial score (nSPS) is 21.2. The van der Waals surface area contributed by atoms with Gasteiger partial charge in [-0.2, -0.15) is 0 Å². The van der Waals surface area contributed by atoms with E-state index in [9.17, 15) is 4.79 Å². The lowest BCUT2D eigenvalue weighted by molar-refractivity contribution is -0.157. The van der Waals surface area contributed by atoms with Gasteiger partial charge in [0.1, 0.15) is 11.7 Å². The molecule has 0 aromatic rings. The summed E-state index contributed by atoms with van der Waals surface area (Å²) >= 11 is 0. The minimum Gasteiger partial charge on any atom is -0.430 e. The smallest absolute Gasteiger partial charge is 0.321 e. The number of esters is 1. The Hall–Kier alpha value is -0.790. The van der Waals surface area contributed by atoms with Gasteiger partial charge in [0.2, 0.25) is 0 Å². The van der Waals surface area contributed by atoms with Crippen LogP contribution in [0.3, 0.4) is 0 Å². The van der Waals surface area contributed by atoms with Gasteiger partial charge in [-0.1, -0.05) is 45.6 Å². The van der Waals surface area contributed by atoms with Crippen LogP contribution in [-0.2, 0) is 9.53 Å². The largest absolute Gasteiger partial charge is 0.430 e. The number of ether oxygens (including phenoxy) is 1. The third kappa shape index (κ3) is 2.87. The number of hydrogen-bond donors (Lipinski definition) is 0. The van der Waals surface area contributed by atoms with Gasteiger partial charge in [0.25, 0.3) is 0 Å². The highest BCUT2D eigenvalue weighted by molar-refractivity contribution is 5.82. The van der Waals surface area contributed by atoms with Crippen LogP contribution >= 0.6 is 0 Å². The SMILES string of the molecule is C=C1OC(=O)C1CCCCCCC. The van der Waals surface area contributed by atoms with E-state index in [1.165, 1.54) is 25.7 Å². The number of carbonyl (C=O) groups is 1. The zero-order valence-electron chi connectivity index (χ0n) is 8.34. The number of rotatable bonds is 6. The summed E-state index contributed by atoms with van der Waals surface area (Å²) in [7, 11) is 0. The lowest BCUT2D eigenvalue weighted by Gasteiger charge is -2.26. The van der Waals surface area contributed by atoms with Crippen molar-refractivity contribution in [3.8, 4) is 0 Å². The Bertz CT molecular complexity index is 182. The first kappa shape index (κ1) is 10.3. The Labute approximate surface area is 80.0 Å². The molecule has 1 unspecified atom stereocenters. The van der Waals surface area contributed by atoms with Crippen molar-refractivity contribution in [2.75, 3.05) is 0 Å². The van der Waals surface area contributed by atoms with Crippen LogP contribution in [-0.4, -0.2) is 5.97 Å². The van der Waals surface area contributed by atoms with Crippen molar-refractivity contribution in [2.45, 2.75) is 45.4 Å². The van der Waals surface area contributed by atoms with Crippen LogP contribution in [0.4, 0.5) is 0 Å². The van der Waals surface area contributed by atoms with Crippen molar-refractivity contribution in [1.29, 1.82) is 0 Å². The summed E-state index contributed by atoms with van der Waals surface area (Å²) in [6.45, 7) is 5.86. The lowest BCUT2D eigenvalue weighted by Crippen LogP contribution is -2.31. The summed E-state index contributed by atoms with van der Waals surface area (Å²) in [5, 5.41) is 0. The third-order valence-electron chi connectivity index (χ3n) is 2.50. The molecule has 0 aromatic carbocycles. The Balaban J connectivity index is 1.99. The van der Waals surface area contributed by atoms with Crippen molar-refractivity contribution in [3.63, 3.8) is 0 Å². The van der Waals surface area contributed by atoms with Crippen LogP contribution in [0.15, 0.2) is 12.3 Å². The molecule has 1 heterocycles. The van der Waals surface area contributed by atoms with Gasteiger partial charge in [-0.3, -0.25) is 4.79 Å². The summed E-state index contributed by atoms with van der Waals surface area (Å²) in [5.41, 5.74) is 0. The molecule has 1 aliphatic rings. The molecule has 2 heteroatoms. The van der Waals surface area contributed by atoms with Gasteiger partial charge < -0.3 is 4.74 Å². The summed E-state index contributed by atoms with van der Waals surface area (Å²) in [6, 6.07) is 0. The Morgan fingerprint density at radius 3 is 2.54 bits per heavy atom. The molecule has 0 N–H and O–H groups in total. The van der Waals surface area contributed by atoms with Crippen LogP contribution < -0.4 is 0 Å². The van der Waals surface area contributed by atoms with E-state index in [0.717, 1.165) is 12.8 Å². The molecule has 2 nitrogen and oxygen atoms in total. The van der Waals surface area contributed by atoms with Crippen LogP contribution in [0.5, 0.6) is 0 Å². The highest BCUT2D eigenvalue weighted by atomic mass is 16.6. The van der Waals surface area contributed by atoms with Gasteiger partial charge in [0.05, 0.1) is 0 Å². The number of unbranched alkanes of at least 4 members (excludes halogenated alkanes) is 4. The molecular weight excluding hydrogens is 164 g/mol. The molecule has 0 radical (unpaired) electrons. The van der Waals surface area contributed by atoms with Crippen molar-refractivity contribution >= 4 is 5.97 Å². The monoisotopic (exact) mass is 182 g/mol. The second-order valence-corrected chi connectivity index (χ2v) is 3.64. The highest BCUT2D eigenvalue weighted by Crippen LogP contribution is 2.29. The molecule has 0 aliphatic carbocycles. The first-order chi connectivity index (χ1) is 6.25. The minimum absolute atomic E-state index is 0.0154. The fourth-order valence-corrected chi connectivity index (χ4v) is 1.58. The topological polar surface area (TPSA) is 26.3 Å². The van der Waals surface area contributed by atoms with Gasteiger partial charge in [-0.25, -0.2) is 0 Å². The Kier molecular flexibility index (Phi) is 4.00. The number of cyclic esters (lactones) is 1. The number of carbonyl (C=O) groups excluding carboxylic acids is 1. The fourth-order valence-electron chi connectivity index (χ4n) is 1.58. The average molecular weight is 182 g/mol. The molecule has 0 spiro atoms. The van der Waals surface area contributed by atoms with E-state index in [1.807, 2.05) is 0 Å². The van der Waals surface area contributed by atoms with E-state index in [2.05, 4.69) is 13.5 Å². The molecular formula is C11H18O2. The summed E-state index contributed by atoms with van der Waals surface area (Å²) < 4.78 is 4.70. The van der Waals surface area contributed by atoms with Crippen LogP contribution in [0, 0.1) is 5.92 Å². The van der Waals surface area contributed by atoms with E-state index in [1.54, 1.807) is 0 Å². The maximum atomic E-state index is 10.9. The van der Waals surface area contributed by atoms with Crippen molar-refractivity contribution in [1.82, 2.24) is 0 Å². The van der Waals surface area contributed by atoms with E-state index in [4.69, 9.17) is 4.74 Å². The lowest BCUT2D eigenvalue weighted by atomic mass is 9.95. The van der Waals surface area contributed by atoms with Crippen molar-refractivity contribution in [3.05, 3.63) is 12.3 Å². The first-order valence-corrected chi connectivity index (χ1v) is 5.16. The van der Waals surface area contributed by atoms with E-state index in [0.29, 0.717) is 5.76 Å². The third-order valence-corrected chi connectivity index (χ3v) is 2.50. The van der Waals surface area contributed by atoms with Crippen LogP contribution in [0.25, 0.3) is 0 Å². The van der Waals surface area contributed by atoms with Gasteiger partial charge in [-0.15, -0.1) is 0 Å². The highest BCUT2D eigenvalue weighted by Gasteiger charge is 2.34. The van der Waals surface area contributed by atoms with Crippen molar-refractivity contribution in [2.24, 2.45) is 5.92 Å². The van der Waals surface area contributed by atoms with Gasteiger partial charge >= 0.3 is 5.97 Å². The van der Waals surface area contributed by atoms with Crippen LogP contribution in [0.2, 0.25) is 0 Å². The predicted molar refractivity (Wildman–Crippen MR) is 52.1 cm³/mol. The Morgan fingerprint density at radius 1 is 1.31 bits per heavy atom. The van der Waals surface area contributed by atoms with Crippen molar-refractivity contribution < 1.29 is 9.53 Å². The minimum atomic E-state index is -0.0829. The van der Waals surface area contributed by atoms with Crippen LogP contribution in [0.1, 0.15) is 45.4 Å². The van der Waals surface area contributed by atoms with Gasteiger partial charge in [-0.05, 0) is 6.42 Å². The molecule has 1 fully saturated rings. The van der Waals surface area contributed by atoms with E-state index in [-0.39, 0.29) is 11.9 Å². The molecule has 1 aliphatic heterocycles. The van der Waals surface area contributed by atoms with E-state index >= 15 is 0 Å². The zero-order chi connectivity index (χ0) is 9.68. The summed E-state index contributed by atoms with van der Waals surface area (Å²) in [5.74, 6) is 0.600. The first-order valence-electron chi connectivity index (χ1n) is 5.16. The van der Waals surface area contributed by atoms with Gasteiger partial charge in [0, 0.05) is 0 Å². The summed E-state index contributed by atoms with van der Waals surface area (Å²) in [6.07, 6.45) is 7.13. The molecule has 0 aromatic heterocycles. The zero-order valence-corrected chi connectivity index (χ0v) is 8.34. The number of hydrogen-bond acceptors (Lipinski definition) is 2.